The highest BCUT2D eigenvalue weighted by molar-refractivity contribution is 6.02. The lowest BCUT2D eigenvalue weighted by Gasteiger charge is -2.42. The number of hydroxylamine groups is 3. The first-order valence-electron chi connectivity index (χ1n) is 6.60. The van der Waals surface area contributed by atoms with Gasteiger partial charge in [0, 0.05) is 18.4 Å². The molecule has 2 aliphatic rings. The van der Waals surface area contributed by atoms with Crippen LogP contribution >= 0.6 is 0 Å². The van der Waals surface area contributed by atoms with Crippen LogP contribution in [0.3, 0.4) is 0 Å². The zero-order valence-electron chi connectivity index (χ0n) is 11.4. The fourth-order valence-electron chi connectivity index (χ4n) is 2.88. The van der Waals surface area contributed by atoms with Crippen molar-refractivity contribution in [3.05, 3.63) is 34.5 Å². The molecule has 2 unspecified atom stereocenters. The minimum atomic E-state index is -1.26. The summed E-state index contributed by atoms with van der Waals surface area (Å²) in [5.74, 6) is -1.25. The van der Waals surface area contributed by atoms with Gasteiger partial charge in [-0.15, -0.1) is 0 Å². The van der Waals surface area contributed by atoms with Crippen molar-refractivity contribution < 1.29 is 23.8 Å². The molecule has 0 saturated carbocycles. The van der Waals surface area contributed by atoms with Crippen molar-refractivity contribution >= 4 is 17.7 Å². The molecule has 7 heteroatoms. The van der Waals surface area contributed by atoms with Crippen LogP contribution in [0.25, 0.3) is 0 Å². The number of hydrogen-bond acceptors (Lipinski definition) is 5. The number of nitrogens with zero attached hydrogens (tertiary/aromatic N) is 1. The highest BCUT2D eigenvalue weighted by atomic mass is 16.6. The quantitative estimate of drug-likeness (QED) is 0.485. The predicted octanol–water partition coefficient (Wildman–Crippen LogP) is 0.469. The van der Waals surface area contributed by atoms with Gasteiger partial charge in [-0.2, -0.15) is 0 Å². The van der Waals surface area contributed by atoms with Crippen LogP contribution in [-0.4, -0.2) is 35.5 Å². The Morgan fingerprint density at radius 3 is 2.76 bits per heavy atom. The Morgan fingerprint density at radius 1 is 1.33 bits per heavy atom. The van der Waals surface area contributed by atoms with Gasteiger partial charge in [0.1, 0.15) is 12.3 Å². The SMILES string of the molecule is COc1ccc2c(c1)C(=O)[N+]([O-])(C1CCC(=O)NC1=O)C2. The lowest BCUT2D eigenvalue weighted by atomic mass is 10.0. The van der Waals surface area contributed by atoms with Crippen LogP contribution in [0.1, 0.15) is 28.8 Å². The molecule has 1 N–H and O–H groups in total. The molecule has 110 valence electrons. The first-order valence-corrected chi connectivity index (χ1v) is 6.60. The Labute approximate surface area is 120 Å². The third kappa shape index (κ3) is 2.01. The van der Waals surface area contributed by atoms with Gasteiger partial charge in [0.05, 0.1) is 12.7 Å². The van der Waals surface area contributed by atoms with E-state index in [1.165, 1.54) is 13.2 Å². The fourth-order valence-corrected chi connectivity index (χ4v) is 2.88. The standard InChI is InChI=1S/C14H14N2O5/c1-21-9-3-2-8-7-16(20,14(19)10(8)6-9)11-4-5-12(17)15-13(11)18/h2-3,6,11H,4-5,7H2,1H3,(H,15,17,18). The molecule has 1 aromatic carbocycles. The van der Waals surface area contributed by atoms with Crippen molar-refractivity contribution in [2.24, 2.45) is 0 Å². The summed E-state index contributed by atoms with van der Waals surface area (Å²) in [7, 11) is 1.47. The third-order valence-electron chi connectivity index (χ3n) is 4.01. The molecule has 2 aliphatic heterocycles. The van der Waals surface area contributed by atoms with Gasteiger partial charge >= 0.3 is 5.91 Å². The van der Waals surface area contributed by atoms with E-state index in [-0.39, 0.29) is 24.9 Å². The van der Waals surface area contributed by atoms with Gasteiger partial charge in [0.15, 0.2) is 6.04 Å². The summed E-state index contributed by atoms with van der Waals surface area (Å²) in [6.07, 6.45) is 0.163. The molecule has 7 nitrogen and oxygen atoms in total. The normalized spacial score (nSPS) is 28.3. The number of benzene rings is 1. The van der Waals surface area contributed by atoms with Crippen molar-refractivity contribution in [1.29, 1.82) is 0 Å². The smallest absolute Gasteiger partial charge is 0.347 e. The number of imide groups is 1. The van der Waals surface area contributed by atoms with Crippen molar-refractivity contribution in [2.75, 3.05) is 7.11 Å². The summed E-state index contributed by atoms with van der Waals surface area (Å²) in [5, 5.41) is 15.1. The number of rotatable bonds is 2. The lowest BCUT2D eigenvalue weighted by molar-refractivity contribution is -0.825. The second-order valence-electron chi connectivity index (χ2n) is 5.25. The number of carbonyl (C=O) groups is 3. The minimum Gasteiger partial charge on any atom is -0.624 e. The summed E-state index contributed by atoms with van der Waals surface area (Å²) in [4.78, 5) is 35.5. The van der Waals surface area contributed by atoms with Gasteiger partial charge in [-0.3, -0.25) is 19.6 Å². The Bertz CT molecular complexity index is 657. The number of methoxy groups -OCH3 is 1. The van der Waals surface area contributed by atoms with Crippen LogP contribution in [0, 0.1) is 5.21 Å². The van der Waals surface area contributed by atoms with Gasteiger partial charge in [-0.1, -0.05) is 0 Å². The number of piperidine rings is 1. The highest BCUT2D eigenvalue weighted by Crippen LogP contribution is 2.35. The number of fused-ring (bicyclic) bond motifs is 1. The second-order valence-corrected chi connectivity index (χ2v) is 5.25. The molecule has 0 bridgehead atoms. The highest BCUT2D eigenvalue weighted by Gasteiger charge is 2.49. The molecule has 0 spiro atoms. The maximum atomic E-state index is 12.9. The number of ether oxygens (including phenoxy) is 1. The minimum absolute atomic E-state index is 0.0750. The largest absolute Gasteiger partial charge is 0.624 e. The molecule has 1 aromatic rings. The zero-order valence-corrected chi connectivity index (χ0v) is 11.4. The first kappa shape index (κ1) is 13.7. The first-order chi connectivity index (χ1) is 9.95. The van der Waals surface area contributed by atoms with E-state index in [1.54, 1.807) is 12.1 Å². The monoisotopic (exact) mass is 290 g/mol. The molecule has 1 saturated heterocycles. The average Bonchev–Trinajstić information content (AvgIpc) is 2.71. The van der Waals surface area contributed by atoms with Gasteiger partial charge in [0.25, 0.3) is 5.91 Å². The molecule has 21 heavy (non-hydrogen) atoms. The van der Waals surface area contributed by atoms with E-state index < -0.39 is 28.4 Å². The van der Waals surface area contributed by atoms with E-state index in [0.717, 1.165) is 0 Å². The summed E-state index contributed by atoms with van der Waals surface area (Å²) >= 11 is 0. The second kappa shape index (κ2) is 4.64. The zero-order chi connectivity index (χ0) is 15.2. The Morgan fingerprint density at radius 2 is 2.10 bits per heavy atom. The molecule has 0 aromatic heterocycles. The third-order valence-corrected chi connectivity index (χ3v) is 4.01. The molecule has 1 fully saturated rings. The van der Waals surface area contributed by atoms with E-state index >= 15 is 0 Å². The van der Waals surface area contributed by atoms with Gasteiger partial charge < -0.3 is 9.94 Å². The fraction of sp³-hybridized carbons (Fsp3) is 0.357. The van der Waals surface area contributed by atoms with Gasteiger partial charge in [0.2, 0.25) is 5.91 Å². The number of carbonyl (C=O) groups excluding carboxylic acids is 3. The average molecular weight is 290 g/mol. The maximum absolute atomic E-state index is 12.9. The number of nitrogens with one attached hydrogen (secondary N) is 1. The van der Waals surface area contributed by atoms with E-state index in [1.807, 2.05) is 0 Å². The van der Waals surface area contributed by atoms with Crippen LogP contribution in [0.2, 0.25) is 0 Å². The number of quaternary nitrogens is 1. The van der Waals surface area contributed by atoms with Crippen LogP contribution in [0.15, 0.2) is 18.2 Å². The number of amides is 3. The van der Waals surface area contributed by atoms with Crippen LogP contribution in [0.4, 0.5) is 0 Å². The molecule has 3 amide bonds. The molecule has 0 aliphatic carbocycles. The van der Waals surface area contributed by atoms with Crippen molar-refractivity contribution in [3.63, 3.8) is 0 Å². The van der Waals surface area contributed by atoms with E-state index in [9.17, 15) is 19.6 Å². The topological polar surface area (TPSA) is 95.5 Å². The van der Waals surface area contributed by atoms with Crippen molar-refractivity contribution in [1.82, 2.24) is 5.32 Å². The van der Waals surface area contributed by atoms with E-state index in [2.05, 4.69) is 5.32 Å². The summed E-state index contributed by atoms with van der Waals surface area (Å²) < 4.78 is 3.79. The van der Waals surface area contributed by atoms with Gasteiger partial charge in [-0.05, 0) is 18.2 Å². The van der Waals surface area contributed by atoms with Gasteiger partial charge in [-0.25, -0.2) is 4.79 Å². The Kier molecular flexibility index (Phi) is 3.03. The number of hydrogen-bond donors (Lipinski definition) is 1. The van der Waals surface area contributed by atoms with Crippen molar-refractivity contribution in [2.45, 2.75) is 25.4 Å². The molecular weight excluding hydrogens is 276 g/mol. The van der Waals surface area contributed by atoms with Crippen molar-refractivity contribution in [3.8, 4) is 5.75 Å². The van der Waals surface area contributed by atoms with Crippen LogP contribution < -0.4 is 10.1 Å². The maximum Gasteiger partial charge on any atom is 0.347 e. The molecular formula is C14H14N2O5. The summed E-state index contributed by atoms with van der Waals surface area (Å²) in [6, 6.07) is 3.78. The summed E-state index contributed by atoms with van der Waals surface area (Å²) in [5.41, 5.74) is 0.884. The molecule has 2 atom stereocenters. The van der Waals surface area contributed by atoms with E-state index in [4.69, 9.17) is 4.74 Å². The van der Waals surface area contributed by atoms with Crippen LogP contribution in [-0.2, 0) is 16.1 Å². The molecule has 3 rings (SSSR count). The predicted molar refractivity (Wildman–Crippen MR) is 70.8 cm³/mol. The molecule has 2 heterocycles. The molecule has 0 radical (unpaired) electrons. The van der Waals surface area contributed by atoms with E-state index in [0.29, 0.717) is 11.3 Å². The Hall–Kier alpha value is -2.25. The lowest BCUT2D eigenvalue weighted by Crippen LogP contribution is -2.60. The Balaban J connectivity index is 1.95. The summed E-state index contributed by atoms with van der Waals surface area (Å²) in [6.45, 7) is -0.0928. The van der Waals surface area contributed by atoms with Crippen LogP contribution in [0.5, 0.6) is 5.75 Å².